The number of carbonyl (C=O) groups is 1. The fraction of sp³-hybridized carbons (Fsp3) is 0.304. The first kappa shape index (κ1) is 23.0. The number of nitrogens with one attached hydrogen (secondary N) is 1. The lowest BCUT2D eigenvalue weighted by Crippen LogP contribution is -2.40. The largest absolute Gasteiger partial charge is 0.342 e. The Hall–Kier alpha value is -3.31. The van der Waals surface area contributed by atoms with E-state index in [1.54, 1.807) is 6.08 Å². The molecule has 0 aliphatic carbocycles. The number of aryl methyl sites for hydroxylation is 2. The maximum atomic E-state index is 13.5. The van der Waals surface area contributed by atoms with Gasteiger partial charge in [0.15, 0.2) is 0 Å². The van der Waals surface area contributed by atoms with Crippen molar-refractivity contribution < 1.29 is 13.6 Å². The average molecular weight is 412 g/mol. The molecule has 1 heterocycles. The predicted octanol–water partition coefficient (Wildman–Crippen LogP) is 4.80. The van der Waals surface area contributed by atoms with Crippen LogP contribution in [0.5, 0.6) is 0 Å². The summed E-state index contributed by atoms with van der Waals surface area (Å²) < 4.78 is 28.2. The van der Waals surface area contributed by atoms with E-state index in [9.17, 15) is 13.6 Å². The van der Waals surface area contributed by atoms with Crippen LogP contribution in [-0.4, -0.2) is 27.4 Å². The molecule has 0 saturated carbocycles. The van der Waals surface area contributed by atoms with Crippen LogP contribution < -0.4 is 5.32 Å². The molecule has 5 nitrogen and oxygen atoms in total. The number of aliphatic imine (C=N–C) groups is 1. The van der Waals surface area contributed by atoms with Crippen LogP contribution in [0, 0.1) is 6.92 Å². The van der Waals surface area contributed by atoms with Crippen LogP contribution in [-0.2, 0) is 13.0 Å². The molecule has 0 fully saturated rings. The number of aromatic nitrogens is 2. The number of hydrogen-bond donors (Lipinski definition) is 1. The summed E-state index contributed by atoms with van der Waals surface area (Å²) in [5.74, 6) is -3.66. The van der Waals surface area contributed by atoms with E-state index in [2.05, 4.69) is 34.3 Å². The standard InChI is InChI=1S/C23H26F2N4O/c1-7-17(16-12-10-11-15(4)13-16)26-18(8-2)19(9-3)27-22(30)20-14-21(23(5,24)25)28-29(20)6/h8,10-14,19H,1-2,9H2,3-6H3,(H,27,30)/t19-/m1/s1. The van der Waals surface area contributed by atoms with Crippen LogP contribution in [0.2, 0.25) is 0 Å². The zero-order valence-corrected chi connectivity index (χ0v) is 17.7. The van der Waals surface area contributed by atoms with Crippen LogP contribution in [0.25, 0.3) is 5.70 Å². The highest BCUT2D eigenvalue weighted by Gasteiger charge is 2.30. The molecule has 1 N–H and O–H groups in total. The molecule has 0 saturated heterocycles. The molecule has 0 unspecified atom stereocenters. The van der Waals surface area contributed by atoms with Crippen LogP contribution in [0.15, 0.2) is 60.3 Å². The van der Waals surface area contributed by atoms with Gasteiger partial charge in [-0.3, -0.25) is 9.48 Å². The molecule has 2 rings (SSSR count). The minimum atomic E-state index is -3.13. The molecule has 1 aromatic carbocycles. The number of carbonyl (C=O) groups excluding carboxylic acids is 1. The van der Waals surface area contributed by atoms with Gasteiger partial charge in [0, 0.05) is 19.5 Å². The molecule has 1 amide bonds. The van der Waals surface area contributed by atoms with E-state index >= 15 is 0 Å². The fourth-order valence-corrected chi connectivity index (χ4v) is 2.91. The van der Waals surface area contributed by atoms with Gasteiger partial charge < -0.3 is 5.32 Å². The Bertz CT molecular complexity index is 1020. The number of amides is 1. The lowest BCUT2D eigenvalue weighted by atomic mass is 10.1. The third-order valence-corrected chi connectivity index (χ3v) is 4.54. The summed E-state index contributed by atoms with van der Waals surface area (Å²) in [7, 11) is 1.45. The topological polar surface area (TPSA) is 59.3 Å². The predicted molar refractivity (Wildman–Crippen MR) is 116 cm³/mol. The third kappa shape index (κ3) is 5.39. The molecule has 0 aliphatic rings. The molecule has 0 bridgehead atoms. The molecule has 7 heteroatoms. The molecule has 30 heavy (non-hydrogen) atoms. The lowest BCUT2D eigenvalue weighted by molar-refractivity contribution is 0.0122. The summed E-state index contributed by atoms with van der Waals surface area (Å²) in [6, 6.07) is 8.34. The number of alkyl halides is 2. The summed E-state index contributed by atoms with van der Waals surface area (Å²) in [5.41, 5.74) is 5.34. The number of rotatable bonds is 8. The van der Waals surface area contributed by atoms with Crippen molar-refractivity contribution in [1.82, 2.24) is 15.1 Å². The maximum Gasteiger partial charge on any atom is 0.288 e. The van der Waals surface area contributed by atoms with Gasteiger partial charge in [-0.15, -0.1) is 5.73 Å². The van der Waals surface area contributed by atoms with Gasteiger partial charge in [0.25, 0.3) is 11.8 Å². The number of halogens is 2. The van der Waals surface area contributed by atoms with Crippen LogP contribution in [0.3, 0.4) is 0 Å². The summed E-state index contributed by atoms with van der Waals surface area (Å²) in [6.07, 6.45) is 2.07. The first-order valence-electron chi connectivity index (χ1n) is 9.52. The second-order valence-corrected chi connectivity index (χ2v) is 7.00. The summed E-state index contributed by atoms with van der Waals surface area (Å²) in [4.78, 5) is 17.3. The Morgan fingerprint density at radius 2 is 2.13 bits per heavy atom. The van der Waals surface area contributed by atoms with E-state index in [1.165, 1.54) is 7.05 Å². The van der Waals surface area contributed by atoms with Gasteiger partial charge in [0.2, 0.25) is 0 Å². The number of nitrogens with zero attached hydrogens (tertiary/aromatic N) is 3. The molecule has 2 aromatic rings. The first-order valence-corrected chi connectivity index (χ1v) is 9.52. The minimum absolute atomic E-state index is 0.0338. The Labute approximate surface area is 175 Å². The van der Waals surface area contributed by atoms with Gasteiger partial charge in [0.05, 0.1) is 11.8 Å². The van der Waals surface area contributed by atoms with Crippen molar-refractivity contribution in [3.63, 3.8) is 0 Å². The SMILES string of the molecule is C=C=C(N=C(C=C)[C@@H](CC)NC(=O)c1cc(C(C)(F)F)nn1C)c1cccc(C)c1. The average Bonchev–Trinajstić information content (AvgIpc) is 3.09. The van der Waals surface area contributed by atoms with Crippen molar-refractivity contribution >= 4 is 17.3 Å². The van der Waals surface area contributed by atoms with E-state index < -0.39 is 23.6 Å². The quantitative estimate of drug-likeness (QED) is 0.500. The van der Waals surface area contributed by atoms with Gasteiger partial charge in [-0.25, -0.2) is 4.99 Å². The van der Waals surface area contributed by atoms with Gasteiger partial charge in [-0.2, -0.15) is 13.9 Å². The van der Waals surface area contributed by atoms with Crippen LogP contribution in [0.4, 0.5) is 8.78 Å². The Morgan fingerprint density at radius 3 is 2.63 bits per heavy atom. The fourth-order valence-electron chi connectivity index (χ4n) is 2.91. The highest BCUT2D eigenvalue weighted by Crippen LogP contribution is 2.26. The van der Waals surface area contributed by atoms with E-state index in [0.717, 1.165) is 28.8 Å². The Kier molecular flexibility index (Phi) is 7.24. The van der Waals surface area contributed by atoms with Crippen molar-refractivity contribution in [3.8, 4) is 0 Å². The zero-order chi connectivity index (χ0) is 22.5. The van der Waals surface area contributed by atoms with E-state index in [1.807, 2.05) is 38.1 Å². The Morgan fingerprint density at radius 1 is 1.43 bits per heavy atom. The van der Waals surface area contributed by atoms with Gasteiger partial charge in [0.1, 0.15) is 17.1 Å². The van der Waals surface area contributed by atoms with Crippen molar-refractivity contribution in [2.45, 2.75) is 39.2 Å². The first-order chi connectivity index (χ1) is 14.1. The van der Waals surface area contributed by atoms with Crippen molar-refractivity contribution in [3.05, 3.63) is 77.8 Å². The molecule has 158 valence electrons. The van der Waals surface area contributed by atoms with Crippen molar-refractivity contribution in [1.29, 1.82) is 0 Å². The highest BCUT2D eigenvalue weighted by atomic mass is 19.3. The van der Waals surface area contributed by atoms with Crippen molar-refractivity contribution in [2.75, 3.05) is 0 Å². The van der Waals surface area contributed by atoms with Gasteiger partial charge in [-0.1, -0.05) is 43.8 Å². The highest BCUT2D eigenvalue weighted by molar-refractivity contribution is 6.05. The third-order valence-electron chi connectivity index (χ3n) is 4.54. The maximum absolute atomic E-state index is 13.5. The molecule has 0 spiro atoms. The molecule has 1 atom stereocenters. The van der Waals surface area contributed by atoms with Gasteiger partial charge in [-0.05, 0) is 31.6 Å². The molecular weight excluding hydrogens is 386 g/mol. The monoisotopic (exact) mass is 412 g/mol. The van der Waals surface area contributed by atoms with Crippen molar-refractivity contribution in [2.24, 2.45) is 12.0 Å². The summed E-state index contributed by atoms with van der Waals surface area (Å²) >= 11 is 0. The number of hydrogen-bond acceptors (Lipinski definition) is 3. The molecule has 0 aliphatic heterocycles. The molecule has 0 radical (unpaired) electrons. The Balaban J connectivity index is 2.32. The second kappa shape index (κ2) is 9.46. The van der Waals surface area contributed by atoms with E-state index in [-0.39, 0.29) is 5.69 Å². The normalized spacial score (nSPS) is 12.8. The van der Waals surface area contributed by atoms with Gasteiger partial charge >= 0.3 is 0 Å². The summed E-state index contributed by atoms with van der Waals surface area (Å²) in [5, 5.41) is 6.57. The second-order valence-electron chi connectivity index (χ2n) is 7.00. The minimum Gasteiger partial charge on any atom is -0.342 e. The molecule has 1 aromatic heterocycles. The molecular formula is C23H26F2N4O. The summed E-state index contributed by atoms with van der Waals surface area (Å²) in [6.45, 7) is 12.1. The number of benzene rings is 1. The lowest BCUT2D eigenvalue weighted by Gasteiger charge is -2.18. The van der Waals surface area contributed by atoms with Crippen LogP contribution >= 0.6 is 0 Å². The van der Waals surface area contributed by atoms with E-state index in [0.29, 0.717) is 17.8 Å². The van der Waals surface area contributed by atoms with E-state index in [4.69, 9.17) is 0 Å². The van der Waals surface area contributed by atoms with Crippen LogP contribution in [0.1, 0.15) is 47.6 Å². The smallest absolute Gasteiger partial charge is 0.288 e. The zero-order valence-electron chi connectivity index (χ0n) is 17.7.